The molecule has 8 heteroatoms. The highest BCUT2D eigenvalue weighted by Gasteiger charge is 2.29. The zero-order valence-electron chi connectivity index (χ0n) is 10.6. The van der Waals surface area contributed by atoms with Gasteiger partial charge in [-0.2, -0.15) is 5.26 Å². The van der Waals surface area contributed by atoms with Crippen molar-refractivity contribution in [2.24, 2.45) is 0 Å². The fourth-order valence-corrected chi connectivity index (χ4v) is 1.63. The predicted molar refractivity (Wildman–Crippen MR) is 65.3 cm³/mol. The van der Waals surface area contributed by atoms with E-state index in [2.05, 4.69) is 0 Å². The molecule has 3 nitrogen and oxygen atoms in total. The van der Waals surface area contributed by atoms with Gasteiger partial charge in [-0.1, -0.05) is 0 Å². The van der Waals surface area contributed by atoms with Gasteiger partial charge in [0, 0.05) is 5.69 Å². The summed E-state index contributed by atoms with van der Waals surface area (Å²) in [6, 6.07) is 6.88. The van der Waals surface area contributed by atoms with Crippen LogP contribution in [0.1, 0.15) is 15.9 Å². The molecule has 112 valence electrons. The molecule has 22 heavy (non-hydrogen) atoms. The van der Waals surface area contributed by atoms with E-state index in [1.807, 2.05) is 5.32 Å². The van der Waals surface area contributed by atoms with Gasteiger partial charge < -0.3 is 5.32 Å². The Bertz CT molecular complexity index is 767. The Balaban J connectivity index is 2.40. The standard InChI is InChI=1S/C14H5F5N2O/c15-9-8(10(16)12(18)13(19)11(9)17)14(22)21-7-3-1-6(5-20)2-4-7/h1-4H,(H,21,22). The van der Waals surface area contributed by atoms with E-state index >= 15 is 0 Å². The van der Waals surface area contributed by atoms with Crippen LogP contribution in [-0.2, 0) is 0 Å². The molecule has 0 unspecified atom stereocenters. The minimum Gasteiger partial charge on any atom is -0.322 e. The average Bonchev–Trinajstić information content (AvgIpc) is 2.52. The summed E-state index contributed by atoms with van der Waals surface area (Å²) in [6.45, 7) is 0. The first-order valence-electron chi connectivity index (χ1n) is 5.69. The highest BCUT2D eigenvalue weighted by atomic mass is 19.2. The van der Waals surface area contributed by atoms with Crippen molar-refractivity contribution in [3.63, 3.8) is 0 Å². The van der Waals surface area contributed by atoms with Gasteiger partial charge in [0.25, 0.3) is 5.91 Å². The molecule has 2 rings (SSSR count). The first kappa shape index (κ1) is 15.4. The largest absolute Gasteiger partial charge is 0.322 e. The van der Waals surface area contributed by atoms with Gasteiger partial charge >= 0.3 is 0 Å². The Morgan fingerprint density at radius 3 is 1.77 bits per heavy atom. The molecular weight excluding hydrogens is 307 g/mol. The molecule has 0 saturated carbocycles. The van der Waals surface area contributed by atoms with Crippen LogP contribution in [0.15, 0.2) is 24.3 Å². The number of amides is 1. The smallest absolute Gasteiger partial charge is 0.261 e. The van der Waals surface area contributed by atoms with Crippen molar-refractivity contribution in [3.05, 3.63) is 64.5 Å². The molecule has 0 atom stereocenters. The number of nitrogens with zero attached hydrogens (tertiary/aromatic N) is 1. The summed E-state index contributed by atoms with van der Waals surface area (Å²) in [6.07, 6.45) is 0. The number of carbonyl (C=O) groups excluding carboxylic acids is 1. The highest BCUT2D eigenvalue weighted by molar-refractivity contribution is 6.04. The summed E-state index contributed by atoms with van der Waals surface area (Å²) >= 11 is 0. The Labute approximate surface area is 120 Å². The monoisotopic (exact) mass is 312 g/mol. The predicted octanol–water partition coefficient (Wildman–Crippen LogP) is 3.51. The molecule has 2 aromatic rings. The molecule has 0 spiro atoms. The Kier molecular flexibility index (Phi) is 4.08. The summed E-state index contributed by atoms with van der Waals surface area (Å²) in [7, 11) is 0. The third kappa shape index (κ3) is 2.61. The van der Waals surface area contributed by atoms with Gasteiger partial charge in [-0.25, -0.2) is 22.0 Å². The summed E-state index contributed by atoms with van der Waals surface area (Å²) in [5.41, 5.74) is -1.30. The number of rotatable bonds is 2. The summed E-state index contributed by atoms with van der Waals surface area (Å²) in [4.78, 5) is 11.7. The Morgan fingerprint density at radius 2 is 1.32 bits per heavy atom. The van der Waals surface area contributed by atoms with Crippen molar-refractivity contribution in [2.75, 3.05) is 5.32 Å². The van der Waals surface area contributed by atoms with E-state index in [9.17, 15) is 26.7 Å². The van der Waals surface area contributed by atoms with Gasteiger partial charge in [-0.15, -0.1) is 0 Å². The fourth-order valence-electron chi connectivity index (χ4n) is 1.63. The summed E-state index contributed by atoms with van der Waals surface area (Å²) in [5, 5.41) is 10.6. The van der Waals surface area contributed by atoms with Crippen molar-refractivity contribution < 1.29 is 26.7 Å². The third-order valence-corrected chi connectivity index (χ3v) is 2.71. The van der Waals surface area contributed by atoms with Crippen LogP contribution in [-0.4, -0.2) is 5.91 Å². The van der Waals surface area contributed by atoms with Crippen LogP contribution in [0.2, 0.25) is 0 Å². The van der Waals surface area contributed by atoms with Crippen LogP contribution in [0.4, 0.5) is 27.6 Å². The van der Waals surface area contributed by atoms with E-state index in [0.29, 0.717) is 0 Å². The third-order valence-electron chi connectivity index (χ3n) is 2.71. The molecule has 0 radical (unpaired) electrons. The Hall–Kier alpha value is -2.95. The highest BCUT2D eigenvalue weighted by Crippen LogP contribution is 2.24. The lowest BCUT2D eigenvalue weighted by atomic mass is 10.1. The molecule has 0 saturated heterocycles. The molecule has 0 aliphatic heterocycles. The van der Waals surface area contributed by atoms with E-state index in [-0.39, 0.29) is 11.3 Å². The van der Waals surface area contributed by atoms with Crippen LogP contribution in [0, 0.1) is 40.4 Å². The average molecular weight is 312 g/mol. The minimum atomic E-state index is -2.34. The van der Waals surface area contributed by atoms with Crippen molar-refractivity contribution in [1.29, 1.82) is 5.26 Å². The van der Waals surface area contributed by atoms with E-state index < -0.39 is 40.6 Å². The second kappa shape index (κ2) is 5.81. The second-order valence-electron chi connectivity index (χ2n) is 4.09. The van der Waals surface area contributed by atoms with Crippen molar-refractivity contribution in [2.45, 2.75) is 0 Å². The van der Waals surface area contributed by atoms with Gasteiger partial charge in [0.1, 0.15) is 5.56 Å². The topological polar surface area (TPSA) is 52.9 Å². The first-order chi connectivity index (χ1) is 10.4. The zero-order valence-corrected chi connectivity index (χ0v) is 10.6. The normalized spacial score (nSPS) is 10.2. The van der Waals surface area contributed by atoms with Crippen molar-refractivity contribution in [1.82, 2.24) is 0 Å². The Morgan fingerprint density at radius 1 is 0.864 bits per heavy atom. The second-order valence-corrected chi connectivity index (χ2v) is 4.09. The fraction of sp³-hybridized carbons (Fsp3) is 0. The molecule has 0 bridgehead atoms. The number of hydrogen-bond acceptors (Lipinski definition) is 2. The van der Waals surface area contributed by atoms with Gasteiger partial charge in [0.15, 0.2) is 23.3 Å². The van der Waals surface area contributed by atoms with Crippen LogP contribution in [0.5, 0.6) is 0 Å². The van der Waals surface area contributed by atoms with E-state index in [0.717, 1.165) is 0 Å². The number of anilines is 1. The summed E-state index contributed by atoms with van der Waals surface area (Å²) < 4.78 is 65.8. The molecule has 0 heterocycles. The van der Waals surface area contributed by atoms with Gasteiger partial charge in [0.05, 0.1) is 11.6 Å². The van der Waals surface area contributed by atoms with Crippen LogP contribution in [0.25, 0.3) is 0 Å². The molecule has 1 amide bonds. The lowest BCUT2D eigenvalue weighted by Gasteiger charge is -2.09. The molecule has 0 aliphatic carbocycles. The zero-order chi connectivity index (χ0) is 16.4. The van der Waals surface area contributed by atoms with E-state index in [1.165, 1.54) is 24.3 Å². The molecule has 0 fully saturated rings. The number of nitrogens with one attached hydrogen (secondary N) is 1. The van der Waals surface area contributed by atoms with Gasteiger partial charge in [0.2, 0.25) is 5.82 Å². The quantitative estimate of drug-likeness (QED) is 0.524. The number of benzene rings is 2. The van der Waals surface area contributed by atoms with E-state index in [1.54, 1.807) is 6.07 Å². The SMILES string of the molecule is N#Cc1ccc(NC(=O)c2c(F)c(F)c(F)c(F)c2F)cc1. The van der Waals surface area contributed by atoms with E-state index in [4.69, 9.17) is 5.26 Å². The van der Waals surface area contributed by atoms with Crippen molar-refractivity contribution in [3.8, 4) is 6.07 Å². The molecule has 2 aromatic carbocycles. The lowest BCUT2D eigenvalue weighted by Crippen LogP contribution is -2.19. The maximum atomic E-state index is 13.4. The van der Waals surface area contributed by atoms with Crippen molar-refractivity contribution >= 4 is 11.6 Å². The van der Waals surface area contributed by atoms with Gasteiger partial charge in [-0.05, 0) is 24.3 Å². The molecular formula is C14H5F5N2O. The van der Waals surface area contributed by atoms with Crippen LogP contribution >= 0.6 is 0 Å². The maximum absolute atomic E-state index is 13.4. The molecule has 0 aliphatic rings. The molecule has 0 aromatic heterocycles. The lowest BCUT2D eigenvalue weighted by molar-refractivity contribution is 0.101. The van der Waals surface area contributed by atoms with Crippen LogP contribution < -0.4 is 5.32 Å². The van der Waals surface area contributed by atoms with Gasteiger partial charge in [-0.3, -0.25) is 4.79 Å². The van der Waals surface area contributed by atoms with Crippen LogP contribution in [0.3, 0.4) is 0 Å². The summed E-state index contributed by atoms with van der Waals surface area (Å²) in [5.74, 6) is -12.7. The first-order valence-corrected chi connectivity index (χ1v) is 5.69. The number of halogens is 5. The number of nitriles is 1. The maximum Gasteiger partial charge on any atom is 0.261 e. The number of hydrogen-bond donors (Lipinski definition) is 1. The number of carbonyl (C=O) groups is 1. The minimum absolute atomic E-state index is 0.0212. The molecule has 1 N–H and O–H groups in total.